The number of hydrogen-bond acceptors (Lipinski definition) is 4. The highest BCUT2D eigenvalue weighted by molar-refractivity contribution is 6.03. The number of anilines is 1. The highest BCUT2D eigenvalue weighted by atomic mass is 16.5. The molecule has 0 radical (unpaired) electrons. The average molecular weight is 338 g/mol. The number of fused-ring (bicyclic) bond motifs is 2. The summed E-state index contributed by atoms with van der Waals surface area (Å²) in [6.07, 6.45) is 2.26. The Kier molecular flexibility index (Phi) is 4.13. The lowest BCUT2D eigenvalue weighted by Gasteiger charge is -2.08. The van der Waals surface area contributed by atoms with Gasteiger partial charge in [-0.15, -0.1) is 0 Å². The van der Waals surface area contributed by atoms with Crippen LogP contribution >= 0.6 is 0 Å². The second kappa shape index (κ2) is 6.44. The molecule has 1 fully saturated rings. The van der Waals surface area contributed by atoms with Crippen LogP contribution in [0.5, 0.6) is 0 Å². The van der Waals surface area contributed by atoms with Crippen LogP contribution in [-0.4, -0.2) is 33.4 Å². The number of aryl methyl sites for hydroxylation is 2. The quantitative estimate of drug-likeness (QED) is 0.791. The minimum absolute atomic E-state index is 0.120. The van der Waals surface area contributed by atoms with E-state index in [0.717, 1.165) is 47.7 Å². The molecule has 0 saturated carbocycles. The fourth-order valence-electron chi connectivity index (χ4n) is 3.32. The van der Waals surface area contributed by atoms with Crippen molar-refractivity contribution in [2.24, 2.45) is 0 Å². The first-order valence-electron chi connectivity index (χ1n) is 8.86. The van der Waals surface area contributed by atoms with Crippen molar-refractivity contribution in [3.63, 3.8) is 0 Å². The maximum absolute atomic E-state index is 12.4. The molecule has 2 aromatic heterocycles. The van der Waals surface area contributed by atoms with Crippen molar-refractivity contribution in [1.29, 1.82) is 0 Å². The predicted octanol–water partition coefficient (Wildman–Crippen LogP) is 3.42. The van der Waals surface area contributed by atoms with Crippen LogP contribution in [0.25, 0.3) is 21.9 Å². The average Bonchev–Trinajstić information content (AvgIpc) is 3.23. The third kappa shape index (κ3) is 2.98. The number of rotatable bonds is 4. The van der Waals surface area contributed by atoms with Gasteiger partial charge < -0.3 is 10.1 Å². The predicted molar refractivity (Wildman–Crippen MR) is 97.7 cm³/mol. The van der Waals surface area contributed by atoms with Crippen molar-refractivity contribution in [2.45, 2.75) is 45.8 Å². The smallest absolute Gasteiger partial charge is 0.254 e. The van der Waals surface area contributed by atoms with Gasteiger partial charge in [0.1, 0.15) is 6.10 Å². The number of carbonyl (C=O) groups is 1. The van der Waals surface area contributed by atoms with Gasteiger partial charge in [-0.1, -0.05) is 18.6 Å². The van der Waals surface area contributed by atoms with Crippen molar-refractivity contribution in [2.75, 3.05) is 11.9 Å². The van der Waals surface area contributed by atoms with Crippen LogP contribution in [0.4, 0.5) is 5.82 Å². The highest BCUT2D eigenvalue weighted by Gasteiger charge is 2.25. The second-order valence-corrected chi connectivity index (χ2v) is 6.62. The van der Waals surface area contributed by atoms with E-state index >= 15 is 0 Å². The minimum atomic E-state index is -0.373. The van der Waals surface area contributed by atoms with Gasteiger partial charge in [-0.05, 0) is 44.4 Å². The van der Waals surface area contributed by atoms with E-state index in [1.807, 2.05) is 10.7 Å². The van der Waals surface area contributed by atoms with Gasteiger partial charge in [-0.2, -0.15) is 5.10 Å². The number of hydrogen-bond donors (Lipinski definition) is 1. The molecule has 0 spiro atoms. The molecule has 1 aromatic carbocycles. The summed E-state index contributed by atoms with van der Waals surface area (Å²) < 4.78 is 7.35. The molecule has 0 aliphatic carbocycles. The fourth-order valence-corrected chi connectivity index (χ4v) is 3.32. The van der Waals surface area contributed by atoms with Crippen molar-refractivity contribution in [3.8, 4) is 0 Å². The van der Waals surface area contributed by atoms with Crippen LogP contribution < -0.4 is 5.32 Å². The molecule has 4 rings (SSSR count). The van der Waals surface area contributed by atoms with Crippen molar-refractivity contribution < 1.29 is 9.53 Å². The monoisotopic (exact) mass is 338 g/mol. The van der Waals surface area contributed by atoms with E-state index in [4.69, 9.17) is 9.72 Å². The Balaban J connectivity index is 1.80. The summed E-state index contributed by atoms with van der Waals surface area (Å²) >= 11 is 0. The Morgan fingerprint density at radius 3 is 3.04 bits per heavy atom. The molecular weight excluding hydrogens is 316 g/mol. The molecule has 1 atom stereocenters. The number of nitrogens with zero attached hydrogens (tertiary/aromatic N) is 3. The summed E-state index contributed by atoms with van der Waals surface area (Å²) in [5, 5.41) is 9.48. The first-order chi connectivity index (χ1) is 12.2. The summed E-state index contributed by atoms with van der Waals surface area (Å²) in [5.41, 5.74) is 2.92. The third-order valence-corrected chi connectivity index (χ3v) is 4.57. The van der Waals surface area contributed by atoms with E-state index in [1.54, 1.807) is 0 Å². The number of nitrogens with one attached hydrogen (secondary N) is 1. The Morgan fingerprint density at radius 2 is 2.28 bits per heavy atom. The molecule has 1 N–H and O–H groups in total. The van der Waals surface area contributed by atoms with Gasteiger partial charge in [-0.3, -0.25) is 4.79 Å². The number of aromatic nitrogens is 3. The summed E-state index contributed by atoms with van der Waals surface area (Å²) in [6.45, 7) is 5.57. The Morgan fingerprint density at radius 1 is 1.40 bits per heavy atom. The molecule has 6 heteroatoms. The number of pyridine rings is 1. The molecule has 6 nitrogen and oxygen atoms in total. The van der Waals surface area contributed by atoms with Gasteiger partial charge in [0, 0.05) is 18.5 Å². The standard InChI is InChI=1S/C19H22N4O2/c1-3-8-23-18-14(11-13-10-12(2)6-7-15(13)20-18)17(22-23)21-19(24)16-5-4-9-25-16/h6-7,10-11,16H,3-5,8-9H2,1-2H3,(H,21,22,24)/t16-/m1/s1. The van der Waals surface area contributed by atoms with Crippen molar-refractivity contribution >= 4 is 33.7 Å². The number of carbonyl (C=O) groups excluding carboxylic acids is 1. The van der Waals surface area contributed by atoms with Crippen molar-refractivity contribution in [3.05, 3.63) is 29.8 Å². The summed E-state index contributed by atoms with van der Waals surface area (Å²) in [7, 11) is 0. The molecular formula is C19H22N4O2. The van der Waals surface area contributed by atoms with E-state index in [9.17, 15) is 4.79 Å². The van der Waals surface area contributed by atoms with Gasteiger partial charge in [0.05, 0.1) is 10.9 Å². The summed E-state index contributed by atoms with van der Waals surface area (Å²) in [4.78, 5) is 17.2. The SMILES string of the molecule is CCCn1nc(NC(=O)[C@H]2CCCO2)c2cc3cc(C)ccc3nc21. The zero-order valence-corrected chi connectivity index (χ0v) is 14.6. The van der Waals surface area contributed by atoms with Gasteiger partial charge in [-0.25, -0.2) is 9.67 Å². The van der Waals surface area contributed by atoms with Crippen LogP contribution in [0.2, 0.25) is 0 Å². The van der Waals surface area contributed by atoms with Gasteiger partial charge in [0.25, 0.3) is 5.91 Å². The molecule has 1 amide bonds. The molecule has 130 valence electrons. The first kappa shape index (κ1) is 16.0. The lowest BCUT2D eigenvalue weighted by molar-refractivity contribution is -0.124. The molecule has 1 saturated heterocycles. The van der Waals surface area contributed by atoms with Gasteiger partial charge in [0.2, 0.25) is 0 Å². The summed E-state index contributed by atoms with van der Waals surface area (Å²) in [6, 6.07) is 8.25. The third-order valence-electron chi connectivity index (χ3n) is 4.57. The zero-order valence-electron chi connectivity index (χ0n) is 14.6. The Hall–Kier alpha value is -2.47. The lowest BCUT2D eigenvalue weighted by atomic mass is 10.1. The van der Waals surface area contributed by atoms with E-state index in [0.29, 0.717) is 12.4 Å². The topological polar surface area (TPSA) is 69.0 Å². The first-order valence-corrected chi connectivity index (χ1v) is 8.86. The van der Waals surface area contributed by atoms with E-state index in [1.165, 1.54) is 5.56 Å². The fraction of sp³-hybridized carbons (Fsp3) is 0.421. The lowest BCUT2D eigenvalue weighted by Crippen LogP contribution is -2.27. The summed E-state index contributed by atoms with van der Waals surface area (Å²) in [5.74, 6) is 0.449. The highest BCUT2D eigenvalue weighted by Crippen LogP contribution is 2.27. The molecule has 0 unspecified atom stereocenters. The Bertz CT molecular complexity index is 941. The van der Waals surface area contributed by atoms with E-state index in [2.05, 4.69) is 42.5 Å². The molecule has 25 heavy (non-hydrogen) atoms. The van der Waals surface area contributed by atoms with Crippen LogP contribution in [-0.2, 0) is 16.1 Å². The van der Waals surface area contributed by atoms with Crippen LogP contribution in [0, 0.1) is 6.92 Å². The van der Waals surface area contributed by atoms with Gasteiger partial charge >= 0.3 is 0 Å². The maximum Gasteiger partial charge on any atom is 0.254 e. The number of amides is 1. The molecule has 3 aromatic rings. The number of ether oxygens (including phenoxy) is 1. The van der Waals surface area contributed by atoms with E-state index < -0.39 is 0 Å². The van der Waals surface area contributed by atoms with Crippen molar-refractivity contribution in [1.82, 2.24) is 14.8 Å². The number of benzene rings is 1. The van der Waals surface area contributed by atoms with Crippen LogP contribution in [0.15, 0.2) is 24.3 Å². The second-order valence-electron chi connectivity index (χ2n) is 6.62. The van der Waals surface area contributed by atoms with Gasteiger partial charge in [0.15, 0.2) is 11.5 Å². The maximum atomic E-state index is 12.4. The zero-order chi connectivity index (χ0) is 17.4. The molecule has 3 heterocycles. The van der Waals surface area contributed by atoms with Crippen LogP contribution in [0.3, 0.4) is 0 Å². The molecule has 1 aliphatic rings. The normalized spacial score (nSPS) is 17.4. The van der Waals surface area contributed by atoms with E-state index in [-0.39, 0.29) is 12.0 Å². The Labute approximate surface area is 146 Å². The van der Waals surface area contributed by atoms with Crippen LogP contribution in [0.1, 0.15) is 31.7 Å². The minimum Gasteiger partial charge on any atom is -0.368 e. The largest absolute Gasteiger partial charge is 0.368 e. The molecule has 0 bridgehead atoms. The molecule has 1 aliphatic heterocycles.